The van der Waals surface area contributed by atoms with E-state index in [0.29, 0.717) is 17.5 Å². The van der Waals surface area contributed by atoms with Crippen molar-refractivity contribution in [3.63, 3.8) is 0 Å². The van der Waals surface area contributed by atoms with Gasteiger partial charge >= 0.3 is 0 Å². The van der Waals surface area contributed by atoms with Crippen LogP contribution < -0.4 is 9.64 Å². The largest absolute Gasteiger partial charge is 0.503 e. The summed E-state index contributed by atoms with van der Waals surface area (Å²) in [5.74, 6) is 0.0161. The van der Waals surface area contributed by atoms with Gasteiger partial charge in [-0.2, -0.15) is 0 Å². The molecule has 33 heavy (non-hydrogen) atoms. The first-order valence-electron chi connectivity index (χ1n) is 11.4. The van der Waals surface area contributed by atoms with Crippen molar-refractivity contribution in [1.82, 2.24) is 4.98 Å². The predicted octanol–water partition coefficient (Wildman–Crippen LogP) is 5.59. The van der Waals surface area contributed by atoms with Crippen LogP contribution in [0.1, 0.15) is 55.3 Å². The van der Waals surface area contributed by atoms with Crippen molar-refractivity contribution in [3.8, 4) is 5.75 Å². The summed E-state index contributed by atoms with van der Waals surface area (Å²) in [6.45, 7) is 4.24. The number of carbonyl (C=O) groups is 2. The normalized spacial score (nSPS) is 19.6. The predicted molar refractivity (Wildman–Crippen MR) is 126 cm³/mol. The highest BCUT2D eigenvalue weighted by atomic mass is 32.1. The Morgan fingerprint density at radius 3 is 2.73 bits per heavy atom. The van der Waals surface area contributed by atoms with Crippen molar-refractivity contribution >= 4 is 38.4 Å². The van der Waals surface area contributed by atoms with Crippen molar-refractivity contribution in [2.75, 3.05) is 11.5 Å². The average molecular weight is 467 g/mol. The van der Waals surface area contributed by atoms with Gasteiger partial charge in [0.25, 0.3) is 5.91 Å². The zero-order chi connectivity index (χ0) is 23.1. The highest BCUT2D eigenvalue weighted by Gasteiger charge is 2.49. The third-order valence-electron chi connectivity index (χ3n) is 6.42. The first-order chi connectivity index (χ1) is 16.0. The van der Waals surface area contributed by atoms with Crippen molar-refractivity contribution in [2.24, 2.45) is 5.92 Å². The number of aryl methyl sites for hydroxylation is 1. The molecule has 1 aliphatic heterocycles. The maximum Gasteiger partial charge on any atom is 0.296 e. The van der Waals surface area contributed by atoms with Crippen LogP contribution in [0.4, 0.5) is 5.13 Å². The number of aromatic nitrogens is 1. The smallest absolute Gasteiger partial charge is 0.296 e. The number of nitrogens with zero attached hydrogens (tertiary/aromatic N) is 2. The van der Waals surface area contributed by atoms with Crippen LogP contribution in [0, 0.1) is 12.8 Å². The van der Waals surface area contributed by atoms with E-state index in [-0.39, 0.29) is 17.3 Å². The molecule has 3 heterocycles. The lowest BCUT2D eigenvalue weighted by Gasteiger charge is -2.33. The molecule has 8 heteroatoms. The molecule has 0 spiro atoms. The van der Waals surface area contributed by atoms with Gasteiger partial charge in [0.05, 0.1) is 28.4 Å². The summed E-state index contributed by atoms with van der Waals surface area (Å²) in [6.07, 6.45) is 4.96. The lowest BCUT2D eigenvalue weighted by atomic mass is 9.80. The number of fused-ring (bicyclic) bond motifs is 1. The van der Waals surface area contributed by atoms with E-state index < -0.39 is 23.5 Å². The third-order valence-corrected chi connectivity index (χ3v) is 7.44. The number of furan rings is 1. The van der Waals surface area contributed by atoms with E-state index in [1.165, 1.54) is 16.2 Å². The third kappa shape index (κ3) is 3.82. The highest BCUT2D eigenvalue weighted by molar-refractivity contribution is 7.22. The highest BCUT2D eigenvalue weighted by Crippen LogP contribution is 2.43. The molecule has 172 valence electrons. The van der Waals surface area contributed by atoms with E-state index in [2.05, 4.69) is 0 Å². The monoisotopic (exact) mass is 466 g/mol. The fraction of sp³-hybridized carbons (Fsp3) is 0.400. The molecule has 0 saturated heterocycles. The van der Waals surface area contributed by atoms with Gasteiger partial charge in [-0.15, -0.1) is 0 Å². The summed E-state index contributed by atoms with van der Waals surface area (Å²) >= 11 is 1.36. The van der Waals surface area contributed by atoms with Crippen LogP contribution in [-0.2, 0) is 4.79 Å². The van der Waals surface area contributed by atoms with Crippen LogP contribution in [0.15, 0.2) is 46.1 Å². The molecule has 1 N–H and O–H groups in total. The van der Waals surface area contributed by atoms with E-state index in [4.69, 9.17) is 14.1 Å². The summed E-state index contributed by atoms with van der Waals surface area (Å²) in [6, 6.07) is 8.35. The molecule has 1 amide bonds. The molecule has 0 radical (unpaired) electrons. The molecule has 2 aromatic heterocycles. The van der Waals surface area contributed by atoms with Gasteiger partial charge in [0, 0.05) is 0 Å². The number of aliphatic hydroxyl groups is 1. The molecule has 2 aliphatic rings. The zero-order valence-corrected chi connectivity index (χ0v) is 19.5. The molecule has 1 saturated carbocycles. The Hall–Kier alpha value is -3.13. The maximum absolute atomic E-state index is 13.4. The van der Waals surface area contributed by atoms with Gasteiger partial charge in [0.2, 0.25) is 5.78 Å². The number of thiazole rings is 1. The van der Waals surface area contributed by atoms with Gasteiger partial charge in [0.1, 0.15) is 11.5 Å². The lowest BCUT2D eigenvalue weighted by Crippen LogP contribution is -2.42. The molecular weight excluding hydrogens is 440 g/mol. The van der Waals surface area contributed by atoms with Crippen LogP contribution in [0.2, 0.25) is 0 Å². The molecule has 1 fully saturated rings. The first kappa shape index (κ1) is 21.7. The van der Waals surface area contributed by atoms with Gasteiger partial charge in [-0.05, 0) is 62.9 Å². The molecule has 1 unspecified atom stereocenters. The summed E-state index contributed by atoms with van der Waals surface area (Å²) in [4.78, 5) is 33.0. The Morgan fingerprint density at radius 2 is 2.03 bits per heavy atom. The number of carbonyl (C=O) groups excluding carboxylic acids is 2. The number of ether oxygens (including phenoxy) is 1. The average Bonchev–Trinajstić information content (AvgIpc) is 3.50. The number of ketones is 1. The van der Waals surface area contributed by atoms with E-state index in [0.717, 1.165) is 48.1 Å². The second kappa shape index (κ2) is 8.67. The second-order valence-electron chi connectivity index (χ2n) is 8.58. The van der Waals surface area contributed by atoms with Gasteiger partial charge in [0.15, 0.2) is 16.7 Å². The number of amides is 1. The number of Topliss-reactive ketones (excluding diaryl/α,β-unsaturated/α-hetero) is 1. The molecular formula is C25H26N2O5S. The molecule has 5 rings (SSSR count). The standard InChI is InChI=1S/C25H26N2O5S/c1-3-31-16-10-11-17-19(13-16)33-25(26-17)27-21(15-7-5-4-6-8-15)20(23(29)24(27)30)22(28)18-12-9-14(2)32-18/h9-13,15,21,29H,3-8H2,1-2H3. The van der Waals surface area contributed by atoms with Crippen LogP contribution in [0.5, 0.6) is 5.75 Å². The fourth-order valence-electron chi connectivity index (χ4n) is 4.91. The Morgan fingerprint density at radius 1 is 1.24 bits per heavy atom. The minimum atomic E-state index is -0.582. The van der Waals surface area contributed by atoms with Crippen LogP contribution in [-0.4, -0.2) is 34.4 Å². The molecule has 0 bridgehead atoms. The Bertz CT molecular complexity index is 1250. The Kier molecular flexibility index (Phi) is 5.70. The van der Waals surface area contributed by atoms with E-state index in [1.807, 2.05) is 25.1 Å². The lowest BCUT2D eigenvalue weighted by molar-refractivity contribution is -0.117. The summed E-state index contributed by atoms with van der Waals surface area (Å²) in [5, 5.41) is 11.4. The fourth-order valence-corrected chi connectivity index (χ4v) is 5.94. The van der Waals surface area contributed by atoms with Crippen LogP contribution in [0.25, 0.3) is 10.2 Å². The molecule has 7 nitrogen and oxygen atoms in total. The minimum absolute atomic E-state index is 0.0633. The van der Waals surface area contributed by atoms with Gasteiger partial charge in [-0.3, -0.25) is 14.5 Å². The molecule has 1 aliphatic carbocycles. The summed E-state index contributed by atoms with van der Waals surface area (Å²) in [5.41, 5.74) is 0.866. The van der Waals surface area contributed by atoms with Gasteiger partial charge in [-0.25, -0.2) is 4.98 Å². The number of aliphatic hydroxyl groups excluding tert-OH is 1. The maximum atomic E-state index is 13.4. The molecule has 3 aromatic rings. The SMILES string of the molecule is CCOc1ccc2nc(N3C(=O)C(O)=C(C(=O)c4ccc(C)o4)C3C3CCCCC3)sc2c1. The van der Waals surface area contributed by atoms with Gasteiger partial charge < -0.3 is 14.3 Å². The van der Waals surface area contributed by atoms with Crippen molar-refractivity contribution in [2.45, 2.75) is 52.0 Å². The van der Waals surface area contributed by atoms with Crippen LogP contribution >= 0.6 is 11.3 Å². The van der Waals surface area contributed by atoms with Crippen molar-refractivity contribution in [3.05, 3.63) is 53.2 Å². The number of hydrogen-bond acceptors (Lipinski definition) is 7. The van der Waals surface area contributed by atoms with Crippen LogP contribution in [0.3, 0.4) is 0 Å². The quantitative estimate of drug-likeness (QED) is 0.476. The van der Waals surface area contributed by atoms with E-state index in [1.54, 1.807) is 19.1 Å². The number of hydrogen-bond donors (Lipinski definition) is 1. The van der Waals surface area contributed by atoms with Gasteiger partial charge in [-0.1, -0.05) is 30.6 Å². The minimum Gasteiger partial charge on any atom is -0.503 e. The topological polar surface area (TPSA) is 92.9 Å². The molecule has 1 aromatic carbocycles. The number of rotatable bonds is 6. The number of anilines is 1. The van der Waals surface area contributed by atoms with Crippen molar-refractivity contribution in [1.29, 1.82) is 0 Å². The first-order valence-corrected chi connectivity index (χ1v) is 12.2. The summed E-state index contributed by atoms with van der Waals surface area (Å²) < 4.78 is 12.0. The van der Waals surface area contributed by atoms with Crippen molar-refractivity contribution < 1.29 is 23.8 Å². The number of benzene rings is 1. The second-order valence-corrected chi connectivity index (χ2v) is 9.59. The zero-order valence-electron chi connectivity index (χ0n) is 18.7. The molecule has 1 atom stereocenters. The Balaban J connectivity index is 1.58. The van der Waals surface area contributed by atoms with E-state index >= 15 is 0 Å². The summed E-state index contributed by atoms with van der Waals surface area (Å²) in [7, 11) is 0. The Labute approximate surface area is 195 Å². The van der Waals surface area contributed by atoms with E-state index in [9.17, 15) is 14.7 Å².